The highest BCUT2D eigenvalue weighted by molar-refractivity contribution is 7.66. The minimum atomic E-state index is -2.86. The fourth-order valence-electron chi connectivity index (χ4n) is 1.08. The van der Waals surface area contributed by atoms with E-state index in [4.69, 9.17) is 9.63 Å². The molecule has 0 radical (unpaired) electrons. The number of carboxylic acid groups (broad SMARTS) is 1. The molecular weight excluding hydrogens is 215 g/mol. The van der Waals surface area contributed by atoms with Crippen LogP contribution >= 0.6 is 7.37 Å². The Kier molecular flexibility index (Phi) is 4.06. The summed E-state index contributed by atoms with van der Waals surface area (Å²) in [4.78, 5) is 10.3. The zero-order valence-electron chi connectivity index (χ0n) is 8.42. The molecule has 0 aliphatic carbocycles. The van der Waals surface area contributed by atoms with Crippen LogP contribution in [-0.2, 0) is 13.9 Å². The molecule has 0 amide bonds. The molecule has 1 aromatic carbocycles. The van der Waals surface area contributed by atoms with Gasteiger partial charge in [0.25, 0.3) is 0 Å². The molecule has 15 heavy (non-hydrogen) atoms. The highest BCUT2D eigenvalue weighted by atomic mass is 31.2. The third-order valence-corrected chi connectivity index (χ3v) is 3.79. The summed E-state index contributed by atoms with van der Waals surface area (Å²) in [7, 11) is -2.86. The second-order valence-electron chi connectivity index (χ2n) is 3.16. The van der Waals surface area contributed by atoms with E-state index in [2.05, 4.69) is 0 Å². The highest BCUT2D eigenvalue weighted by Gasteiger charge is 2.18. The molecule has 0 aliphatic heterocycles. The van der Waals surface area contributed by atoms with Crippen LogP contribution in [0.25, 0.3) is 0 Å². The van der Waals surface area contributed by atoms with Gasteiger partial charge in [-0.2, -0.15) is 0 Å². The van der Waals surface area contributed by atoms with Crippen LogP contribution in [0.2, 0.25) is 0 Å². The molecule has 5 heteroatoms. The first-order valence-electron chi connectivity index (χ1n) is 4.52. The summed E-state index contributed by atoms with van der Waals surface area (Å²) in [5.74, 6) is -0.955. The van der Waals surface area contributed by atoms with Gasteiger partial charge in [0.05, 0.1) is 13.0 Å². The molecule has 0 heterocycles. The Balaban J connectivity index is 2.60. The molecule has 0 aromatic heterocycles. The van der Waals surface area contributed by atoms with Gasteiger partial charge in [-0.1, -0.05) is 18.2 Å². The number of rotatable bonds is 5. The van der Waals surface area contributed by atoms with Crippen LogP contribution in [0.4, 0.5) is 0 Å². The standard InChI is InChI=1S/C10H13O4P/c1-15(13,14-8-7-10(11)12)9-5-3-2-4-6-9/h2-6H,7-8H2,1H3,(H,11,12). The van der Waals surface area contributed by atoms with E-state index in [0.29, 0.717) is 5.30 Å². The first-order valence-corrected chi connectivity index (χ1v) is 6.59. The average molecular weight is 228 g/mol. The van der Waals surface area contributed by atoms with Gasteiger partial charge in [-0.05, 0) is 12.1 Å². The monoisotopic (exact) mass is 228 g/mol. The summed E-state index contributed by atoms with van der Waals surface area (Å²) < 4.78 is 17.1. The van der Waals surface area contributed by atoms with Crippen molar-refractivity contribution in [3.8, 4) is 0 Å². The van der Waals surface area contributed by atoms with Gasteiger partial charge in [0.1, 0.15) is 0 Å². The number of hydrogen-bond acceptors (Lipinski definition) is 3. The van der Waals surface area contributed by atoms with E-state index in [0.717, 1.165) is 0 Å². The smallest absolute Gasteiger partial charge is 0.305 e. The molecular formula is C10H13O4P. The Bertz CT molecular complexity index is 374. The van der Waals surface area contributed by atoms with Gasteiger partial charge in [-0.15, -0.1) is 0 Å². The van der Waals surface area contributed by atoms with E-state index in [1.54, 1.807) is 24.3 Å². The van der Waals surface area contributed by atoms with E-state index >= 15 is 0 Å². The van der Waals surface area contributed by atoms with Crippen LogP contribution in [0.3, 0.4) is 0 Å². The Labute approximate surface area is 88.3 Å². The molecule has 0 bridgehead atoms. The summed E-state index contributed by atoms with van der Waals surface area (Å²) in [6.07, 6.45) is -0.134. The number of aliphatic carboxylic acids is 1. The topological polar surface area (TPSA) is 63.6 Å². The predicted molar refractivity (Wildman–Crippen MR) is 57.8 cm³/mol. The van der Waals surface area contributed by atoms with Crippen LogP contribution in [0.15, 0.2) is 30.3 Å². The maximum atomic E-state index is 12.0. The zero-order valence-corrected chi connectivity index (χ0v) is 9.31. The lowest BCUT2D eigenvalue weighted by Gasteiger charge is -2.12. The Morgan fingerprint density at radius 2 is 2.00 bits per heavy atom. The number of carbonyl (C=O) groups is 1. The van der Waals surface area contributed by atoms with Crippen LogP contribution in [0.1, 0.15) is 6.42 Å². The molecule has 1 N–H and O–H groups in total. The lowest BCUT2D eigenvalue weighted by atomic mass is 10.4. The van der Waals surface area contributed by atoms with Crippen LogP contribution in [0, 0.1) is 0 Å². The predicted octanol–water partition coefficient (Wildman–Crippen LogP) is 1.71. The molecule has 4 nitrogen and oxygen atoms in total. The lowest BCUT2D eigenvalue weighted by Crippen LogP contribution is -2.08. The van der Waals surface area contributed by atoms with Gasteiger partial charge < -0.3 is 9.63 Å². The normalized spacial score (nSPS) is 14.5. The highest BCUT2D eigenvalue weighted by Crippen LogP contribution is 2.40. The Hall–Kier alpha value is -1.12. The largest absolute Gasteiger partial charge is 0.481 e. The van der Waals surface area contributed by atoms with E-state index in [9.17, 15) is 9.36 Å². The van der Waals surface area contributed by atoms with Gasteiger partial charge in [-0.25, -0.2) is 0 Å². The average Bonchev–Trinajstić information content (AvgIpc) is 2.18. The summed E-state index contributed by atoms with van der Waals surface area (Å²) in [6, 6.07) is 8.78. The van der Waals surface area contributed by atoms with Gasteiger partial charge in [-0.3, -0.25) is 9.36 Å². The Morgan fingerprint density at radius 3 is 2.53 bits per heavy atom. The van der Waals surface area contributed by atoms with Crippen molar-refractivity contribution in [2.45, 2.75) is 6.42 Å². The minimum absolute atomic E-state index is 0.0298. The minimum Gasteiger partial charge on any atom is -0.481 e. The molecule has 1 aromatic rings. The van der Waals surface area contributed by atoms with Crippen molar-refractivity contribution >= 4 is 18.6 Å². The van der Waals surface area contributed by atoms with Crippen molar-refractivity contribution in [2.24, 2.45) is 0 Å². The summed E-state index contributed by atoms with van der Waals surface area (Å²) in [5.41, 5.74) is 0. The summed E-state index contributed by atoms with van der Waals surface area (Å²) in [6.45, 7) is 1.46. The number of carboxylic acids is 1. The van der Waals surface area contributed by atoms with Crippen molar-refractivity contribution in [3.63, 3.8) is 0 Å². The van der Waals surface area contributed by atoms with E-state index in [-0.39, 0.29) is 13.0 Å². The quantitative estimate of drug-likeness (QED) is 0.779. The molecule has 1 unspecified atom stereocenters. The van der Waals surface area contributed by atoms with Crippen LogP contribution in [0.5, 0.6) is 0 Å². The van der Waals surface area contributed by atoms with Gasteiger partial charge in [0, 0.05) is 12.0 Å². The van der Waals surface area contributed by atoms with Crippen molar-refractivity contribution in [1.29, 1.82) is 0 Å². The van der Waals surface area contributed by atoms with Crippen molar-refractivity contribution in [3.05, 3.63) is 30.3 Å². The first kappa shape index (κ1) is 12.0. The molecule has 0 spiro atoms. The molecule has 1 atom stereocenters. The fraction of sp³-hybridized carbons (Fsp3) is 0.300. The van der Waals surface area contributed by atoms with Gasteiger partial charge >= 0.3 is 5.97 Å². The maximum Gasteiger partial charge on any atom is 0.305 e. The van der Waals surface area contributed by atoms with Crippen molar-refractivity contribution in [1.82, 2.24) is 0 Å². The molecule has 0 aliphatic rings. The van der Waals surface area contributed by atoms with E-state index in [1.165, 1.54) is 6.66 Å². The summed E-state index contributed by atoms with van der Waals surface area (Å²) >= 11 is 0. The second-order valence-corrected chi connectivity index (χ2v) is 5.62. The number of hydrogen-bond donors (Lipinski definition) is 1. The molecule has 82 valence electrons. The third-order valence-electron chi connectivity index (χ3n) is 1.88. The molecule has 1 rings (SSSR count). The zero-order chi connectivity index (χ0) is 11.3. The SMILES string of the molecule is CP(=O)(OCCC(=O)O)c1ccccc1. The second kappa shape index (κ2) is 5.10. The Morgan fingerprint density at radius 1 is 1.40 bits per heavy atom. The molecule has 0 fully saturated rings. The van der Waals surface area contributed by atoms with E-state index < -0.39 is 13.3 Å². The molecule has 0 saturated heterocycles. The van der Waals surface area contributed by atoms with Crippen LogP contribution < -0.4 is 5.30 Å². The van der Waals surface area contributed by atoms with Gasteiger partial charge in [0.15, 0.2) is 0 Å². The third kappa shape index (κ3) is 3.86. The lowest BCUT2D eigenvalue weighted by molar-refractivity contribution is -0.137. The summed E-state index contributed by atoms with van der Waals surface area (Å²) in [5, 5.41) is 9.02. The molecule has 0 saturated carbocycles. The van der Waals surface area contributed by atoms with Crippen molar-refractivity contribution in [2.75, 3.05) is 13.3 Å². The fourth-order valence-corrected chi connectivity index (χ4v) is 2.38. The maximum absolute atomic E-state index is 12.0. The van der Waals surface area contributed by atoms with Crippen molar-refractivity contribution < 1.29 is 19.0 Å². The van der Waals surface area contributed by atoms with Gasteiger partial charge in [0.2, 0.25) is 7.37 Å². The first-order chi connectivity index (χ1) is 7.02. The van der Waals surface area contributed by atoms with Crippen LogP contribution in [-0.4, -0.2) is 24.3 Å². The van der Waals surface area contributed by atoms with E-state index in [1.807, 2.05) is 6.07 Å². The number of benzene rings is 1.